The first-order chi connectivity index (χ1) is 9.81. The molecule has 0 saturated heterocycles. The molecule has 1 aromatic heterocycles. The average molecular weight is 334 g/mol. The van der Waals surface area contributed by atoms with Crippen LogP contribution in [0.2, 0.25) is 10.2 Å². The van der Waals surface area contributed by atoms with Gasteiger partial charge in [0.25, 0.3) is 5.91 Å². The Kier molecular flexibility index (Phi) is 6.39. The number of nitrogens with one attached hydrogen (secondary N) is 1. The summed E-state index contributed by atoms with van der Waals surface area (Å²) in [5.41, 5.74) is 0.0709. The largest absolute Gasteiger partial charge is 0.452 e. The van der Waals surface area contributed by atoms with E-state index in [0.29, 0.717) is 0 Å². The smallest absolute Gasteiger partial charge is 0.340 e. The van der Waals surface area contributed by atoms with Crippen molar-refractivity contribution in [1.29, 1.82) is 0 Å². The van der Waals surface area contributed by atoms with Crippen LogP contribution in [0, 0.1) is 0 Å². The van der Waals surface area contributed by atoms with Gasteiger partial charge in [-0.3, -0.25) is 9.59 Å². The number of carbonyl (C=O) groups excluding carboxylic acids is 3. The van der Waals surface area contributed by atoms with E-state index in [-0.39, 0.29) is 28.2 Å². The number of esters is 1. The Morgan fingerprint density at radius 1 is 1.33 bits per heavy atom. The highest BCUT2D eigenvalue weighted by Gasteiger charge is 2.13. The molecule has 0 spiro atoms. The minimum atomic E-state index is -0.768. The number of ether oxygens (including phenoxy) is 1. The van der Waals surface area contributed by atoms with Crippen LogP contribution in [0.5, 0.6) is 0 Å². The lowest BCUT2D eigenvalue weighted by atomic mass is 10.3. The van der Waals surface area contributed by atoms with Gasteiger partial charge in [0, 0.05) is 20.3 Å². The summed E-state index contributed by atoms with van der Waals surface area (Å²) in [5.74, 6) is -1.63. The first-order valence-electron chi connectivity index (χ1n) is 5.76. The molecule has 2 amide bonds. The molecule has 0 aliphatic carbocycles. The first kappa shape index (κ1) is 17.2. The molecule has 0 fully saturated rings. The molecule has 0 atom stereocenters. The number of hydrogen-bond acceptors (Lipinski definition) is 5. The van der Waals surface area contributed by atoms with Gasteiger partial charge in [-0.05, 0) is 6.07 Å². The highest BCUT2D eigenvalue weighted by molar-refractivity contribution is 6.41. The van der Waals surface area contributed by atoms with E-state index in [2.05, 4.69) is 10.3 Å². The van der Waals surface area contributed by atoms with Crippen LogP contribution in [0.1, 0.15) is 10.4 Å². The van der Waals surface area contributed by atoms with E-state index in [9.17, 15) is 14.4 Å². The predicted molar refractivity (Wildman–Crippen MR) is 76.2 cm³/mol. The maximum Gasteiger partial charge on any atom is 0.340 e. The zero-order valence-corrected chi connectivity index (χ0v) is 12.9. The molecular formula is C12H13Cl2N3O4. The average Bonchev–Trinajstić information content (AvgIpc) is 2.44. The van der Waals surface area contributed by atoms with Gasteiger partial charge in [-0.2, -0.15) is 0 Å². The van der Waals surface area contributed by atoms with Gasteiger partial charge in [0.05, 0.1) is 17.1 Å². The molecule has 1 rings (SSSR count). The molecule has 1 N–H and O–H groups in total. The molecule has 1 aromatic rings. The third-order valence-electron chi connectivity index (χ3n) is 2.30. The first-order valence-corrected chi connectivity index (χ1v) is 6.52. The van der Waals surface area contributed by atoms with Crippen LogP contribution >= 0.6 is 23.2 Å². The normalized spacial score (nSPS) is 9.90. The van der Waals surface area contributed by atoms with Crippen molar-refractivity contribution in [1.82, 2.24) is 15.2 Å². The van der Waals surface area contributed by atoms with E-state index in [1.807, 2.05) is 0 Å². The number of amides is 2. The summed E-state index contributed by atoms with van der Waals surface area (Å²) in [6.07, 6.45) is 1.18. The second-order valence-electron chi connectivity index (χ2n) is 4.14. The summed E-state index contributed by atoms with van der Waals surface area (Å²) < 4.78 is 4.76. The molecule has 21 heavy (non-hydrogen) atoms. The summed E-state index contributed by atoms with van der Waals surface area (Å²) in [4.78, 5) is 39.3. The second-order valence-corrected chi connectivity index (χ2v) is 4.90. The zero-order valence-electron chi connectivity index (χ0n) is 11.4. The number of likely N-dealkylation sites (N-methyl/N-ethyl adjacent to an activating group) is 1. The Morgan fingerprint density at radius 3 is 2.57 bits per heavy atom. The molecule has 0 radical (unpaired) electrons. The van der Waals surface area contributed by atoms with Crippen LogP contribution in [0.3, 0.4) is 0 Å². The highest BCUT2D eigenvalue weighted by Crippen LogP contribution is 2.19. The van der Waals surface area contributed by atoms with Crippen molar-refractivity contribution in [3.8, 4) is 0 Å². The number of nitrogens with zero attached hydrogens (tertiary/aromatic N) is 2. The van der Waals surface area contributed by atoms with Crippen molar-refractivity contribution in [2.75, 3.05) is 27.2 Å². The zero-order chi connectivity index (χ0) is 16.0. The fraction of sp³-hybridized carbons (Fsp3) is 0.333. The Hall–Kier alpha value is -1.86. The highest BCUT2D eigenvalue weighted by atomic mass is 35.5. The lowest BCUT2D eigenvalue weighted by Crippen LogP contribution is -2.38. The van der Waals surface area contributed by atoms with Gasteiger partial charge < -0.3 is 15.0 Å². The van der Waals surface area contributed by atoms with Crippen molar-refractivity contribution >= 4 is 41.0 Å². The van der Waals surface area contributed by atoms with Crippen LogP contribution in [-0.2, 0) is 14.3 Å². The number of pyridine rings is 1. The minimum Gasteiger partial charge on any atom is -0.452 e. The number of hydrogen-bond donors (Lipinski definition) is 1. The van der Waals surface area contributed by atoms with Crippen LogP contribution in [-0.4, -0.2) is 54.9 Å². The van der Waals surface area contributed by atoms with Crippen LogP contribution in [0.15, 0.2) is 12.3 Å². The van der Waals surface area contributed by atoms with Crippen molar-refractivity contribution < 1.29 is 19.1 Å². The second kappa shape index (κ2) is 7.80. The molecule has 0 aliphatic rings. The van der Waals surface area contributed by atoms with Gasteiger partial charge in [0.1, 0.15) is 5.15 Å². The van der Waals surface area contributed by atoms with Gasteiger partial charge in [-0.1, -0.05) is 23.2 Å². The molecule has 0 bridgehead atoms. The van der Waals surface area contributed by atoms with E-state index in [1.54, 1.807) is 14.1 Å². The van der Waals surface area contributed by atoms with Crippen molar-refractivity contribution in [3.05, 3.63) is 28.0 Å². The fourth-order valence-electron chi connectivity index (χ4n) is 1.13. The lowest BCUT2D eigenvalue weighted by Gasteiger charge is -2.11. The standard InChI is InChI=1S/C12H13Cl2N3O4/c1-17(2)10(19)5-15-9(18)6-21-12(20)7-3-8(13)11(14)16-4-7/h3-4H,5-6H2,1-2H3,(H,15,18). The fourth-order valence-corrected chi connectivity index (χ4v) is 1.40. The number of halogens is 2. The van der Waals surface area contributed by atoms with E-state index in [0.717, 1.165) is 0 Å². The Balaban J connectivity index is 2.44. The van der Waals surface area contributed by atoms with E-state index in [4.69, 9.17) is 27.9 Å². The van der Waals surface area contributed by atoms with Gasteiger partial charge >= 0.3 is 5.97 Å². The molecule has 0 aromatic carbocycles. The van der Waals surface area contributed by atoms with Crippen LogP contribution in [0.4, 0.5) is 0 Å². The Labute approximate surface area is 131 Å². The van der Waals surface area contributed by atoms with Crippen molar-refractivity contribution in [2.24, 2.45) is 0 Å². The molecule has 7 nitrogen and oxygen atoms in total. The monoisotopic (exact) mass is 333 g/mol. The summed E-state index contributed by atoms with van der Waals surface area (Å²) in [7, 11) is 3.12. The quantitative estimate of drug-likeness (QED) is 0.634. The summed E-state index contributed by atoms with van der Waals surface area (Å²) in [6.45, 7) is -0.683. The lowest BCUT2D eigenvalue weighted by molar-refractivity contribution is -0.131. The third kappa shape index (κ3) is 5.57. The molecule has 9 heteroatoms. The Bertz CT molecular complexity index is 563. The van der Waals surface area contributed by atoms with Crippen LogP contribution < -0.4 is 5.32 Å². The molecule has 1 heterocycles. The van der Waals surface area contributed by atoms with Gasteiger partial charge in [-0.25, -0.2) is 9.78 Å². The van der Waals surface area contributed by atoms with E-state index in [1.165, 1.54) is 17.2 Å². The molecule has 0 unspecified atom stereocenters. The maximum atomic E-state index is 11.6. The third-order valence-corrected chi connectivity index (χ3v) is 2.99. The SMILES string of the molecule is CN(C)C(=O)CNC(=O)COC(=O)c1cnc(Cl)c(Cl)c1. The van der Waals surface area contributed by atoms with Crippen LogP contribution in [0.25, 0.3) is 0 Å². The van der Waals surface area contributed by atoms with Crippen molar-refractivity contribution in [2.45, 2.75) is 0 Å². The number of aromatic nitrogens is 1. The van der Waals surface area contributed by atoms with Gasteiger partial charge in [0.2, 0.25) is 5.91 Å². The summed E-state index contributed by atoms with van der Waals surface area (Å²) in [6, 6.07) is 1.28. The maximum absolute atomic E-state index is 11.6. The molecular weight excluding hydrogens is 321 g/mol. The summed E-state index contributed by atoms with van der Waals surface area (Å²) >= 11 is 11.3. The minimum absolute atomic E-state index is 0.0631. The van der Waals surface area contributed by atoms with E-state index >= 15 is 0 Å². The van der Waals surface area contributed by atoms with Gasteiger partial charge in [0.15, 0.2) is 6.61 Å². The van der Waals surface area contributed by atoms with Crippen molar-refractivity contribution in [3.63, 3.8) is 0 Å². The molecule has 114 valence electrons. The molecule has 0 saturated carbocycles. The Morgan fingerprint density at radius 2 is 2.00 bits per heavy atom. The topological polar surface area (TPSA) is 88.6 Å². The predicted octanol–water partition coefficient (Wildman–Crippen LogP) is 0.750. The number of rotatable bonds is 5. The van der Waals surface area contributed by atoms with Gasteiger partial charge in [-0.15, -0.1) is 0 Å². The van der Waals surface area contributed by atoms with E-state index < -0.39 is 18.5 Å². The number of carbonyl (C=O) groups is 3. The summed E-state index contributed by atoms with van der Waals surface area (Å²) in [5, 5.41) is 2.49. The molecule has 0 aliphatic heterocycles.